The lowest BCUT2D eigenvalue weighted by atomic mass is 9.99. The molecule has 0 unspecified atom stereocenters. The molecule has 0 aromatic rings. The fraction of sp³-hybridized carbons (Fsp3) is 1.00. The Balaban J connectivity index is 3.71. The second-order valence-corrected chi connectivity index (χ2v) is 5.58. The molecule has 0 spiro atoms. The van der Waals surface area contributed by atoms with Gasteiger partial charge in [0.2, 0.25) is 0 Å². The molecule has 0 aliphatic rings. The Morgan fingerprint density at radius 2 is 1.75 bits per heavy atom. The normalized spacial score (nSPS) is 14.2. The molecule has 0 heterocycles. The van der Waals surface area contributed by atoms with Crippen molar-refractivity contribution in [3.05, 3.63) is 0 Å². The Morgan fingerprint density at radius 1 is 1.38 bits per heavy atom. The van der Waals surface area contributed by atoms with Gasteiger partial charge in [-0.3, -0.25) is 0 Å². The molecule has 2 heteroatoms. The van der Waals surface area contributed by atoms with E-state index in [1.807, 2.05) is 0 Å². The number of nitrogens with two attached hydrogens (primary N) is 1. The number of hydrogen-bond donors (Lipinski definition) is 1. The van der Waals surface area contributed by atoms with Crippen LogP contribution < -0.4 is 5.40 Å². The van der Waals surface area contributed by atoms with Gasteiger partial charge >= 0.3 is 0 Å². The molecule has 0 atom stereocenters. The predicted molar refractivity (Wildman–Crippen MR) is 41.6 cm³/mol. The first-order valence-corrected chi connectivity index (χ1v) is 4.73. The lowest BCUT2D eigenvalue weighted by Crippen LogP contribution is -2.26. The van der Waals surface area contributed by atoms with E-state index in [1.165, 1.54) is 0 Å². The van der Waals surface area contributed by atoms with Gasteiger partial charge in [-0.2, -0.15) is 0 Å². The summed E-state index contributed by atoms with van der Waals surface area (Å²) in [4.78, 5) is 0. The van der Waals surface area contributed by atoms with Crippen LogP contribution in [0.15, 0.2) is 0 Å². The fourth-order valence-electron chi connectivity index (χ4n) is 0.236. The molecule has 0 fully saturated rings. The van der Waals surface area contributed by atoms with E-state index in [0.29, 0.717) is 5.04 Å². The zero-order valence-corrected chi connectivity index (χ0v) is 7.78. The Kier molecular flexibility index (Phi) is 2.70. The van der Waals surface area contributed by atoms with Gasteiger partial charge in [0, 0.05) is 0 Å². The molecule has 0 aliphatic heterocycles. The molecular formula is C6H17NSi. The monoisotopic (exact) mass is 131 g/mol. The Bertz CT molecular complexity index is 68.9. The number of rotatable bonds is 2. The van der Waals surface area contributed by atoms with Gasteiger partial charge in [0.05, 0.1) is 9.68 Å². The topological polar surface area (TPSA) is 26.0 Å². The third-order valence-electron chi connectivity index (χ3n) is 2.09. The van der Waals surface area contributed by atoms with Gasteiger partial charge < -0.3 is 5.40 Å². The van der Waals surface area contributed by atoms with Crippen molar-refractivity contribution >= 4 is 9.68 Å². The summed E-state index contributed by atoms with van der Waals surface area (Å²) in [6.45, 7) is 8.98. The molecule has 0 bridgehead atoms. The molecular weight excluding hydrogens is 114 g/mol. The highest BCUT2D eigenvalue weighted by atomic mass is 28.2. The summed E-state index contributed by atoms with van der Waals surface area (Å²) in [6.07, 6.45) is 0. The molecule has 0 amide bonds. The Labute approximate surface area is 54.6 Å². The van der Waals surface area contributed by atoms with Crippen LogP contribution in [0.5, 0.6) is 0 Å². The van der Waals surface area contributed by atoms with Crippen molar-refractivity contribution in [2.24, 2.45) is 11.3 Å². The van der Waals surface area contributed by atoms with Gasteiger partial charge in [-0.15, -0.1) is 0 Å². The van der Waals surface area contributed by atoms with Crippen LogP contribution in [0.4, 0.5) is 0 Å². The maximum absolute atomic E-state index is 5.65. The molecule has 0 aromatic heterocycles. The first kappa shape index (κ1) is 8.18. The SMILES string of the molecule is CC(C)C(C)(C)[SiH2]N. The highest BCUT2D eigenvalue weighted by molar-refractivity contribution is 6.35. The summed E-state index contributed by atoms with van der Waals surface area (Å²) in [5.74, 6) is 0.749. The second-order valence-electron chi connectivity index (χ2n) is 3.35. The molecule has 2 N–H and O–H groups in total. The van der Waals surface area contributed by atoms with Gasteiger partial charge in [-0.25, -0.2) is 0 Å². The van der Waals surface area contributed by atoms with E-state index >= 15 is 0 Å². The van der Waals surface area contributed by atoms with Gasteiger partial charge in [-0.05, 0) is 11.0 Å². The highest BCUT2D eigenvalue weighted by Gasteiger charge is 2.19. The minimum Gasteiger partial charge on any atom is -0.355 e. The van der Waals surface area contributed by atoms with E-state index in [4.69, 9.17) is 5.40 Å². The van der Waals surface area contributed by atoms with E-state index in [0.717, 1.165) is 5.92 Å². The van der Waals surface area contributed by atoms with E-state index in [1.54, 1.807) is 0 Å². The zero-order valence-electron chi connectivity index (χ0n) is 6.36. The smallest absolute Gasteiger partial charge is 0.0948 e. The molecule has 0 saturated heterocycles. The first-order valence-electron chi connectivity index (χ1n) is 3.21. The van der Waals surface area contributed by atoms with Crippen LogP contribution in [-0.4, -0.2) is 9.68 Å². The highest BCUT2D eigenvalue weighted by Crippen LogP contribution is 2.30. The van der Waals surface area contributed by atoms with Crippen LogP contribution in [-0.2, 0) is 0 Å². The molecule has 0 rings (SSSR count). The van der Waals surface area contributed by atoms with Crippen LogP contribution in [0.2, 0.25) is 5.04 Å². The van der Waals surface area contributed by atoms with Crippen molar-refractivity contribution < 1.29 is 0 Å². The minimum absolute atomic E-state index is 0.306. The summed E-state index contributed by atoms with van der Waals surface area (Å²) < 4.78 is 0. The van der Waals surface area contributed by atoms with Crippen molar-refractivity contribution in [2.45, 2.75) is 32.7 Å². The van der Waals surface area contributed by atoms with Crippen molar-refractivity contribution in [3.8, 4) is 0 Å². The van der Waals surface area contributed by atoms with Crippen molar-refractivity contribution in [1.82, 2.24) is 0 Å². The summed E-state index contributed by atoms with van der Waals surface area (Å²) in [5.41, 5.74) is 0. The quantitative estimate of drug-likeness (QED) is 0.553. The summed E-state index contributed by atoms with van der Waals surface area (Å²) in [7, 11) is -0.306. The zero-order chi connectivity index (χ0) is 6.78. The average molecular weight is 131 g/mol. The third kappa shape index (κ3) is 1.97. The predicted octanol–water partition coefficient (Wildman–Crippen LogP) is 0.883. The van der Waals surface area contributed by atoms with Gasteiger partial charge in [0.25, 0.3) is 0 Å². The maximum atomic E-state index is 5.65. The van der Waals surface area contributed by atoms with Crippen molar-refractivity contribution in [2.75, 3.05) is 0 Å². The van der Waals surface area contributed by atoms with Crippen LogP contribution in [0.25, 0.3) is 0 Å². The maximum Gasteiger partial charge on any atom is 0.0948 e. The molecule has 50 valence electrons. The fourth-order valence-corrected chi connectivity index (χ4v) is 0.707. The van der Waals surface area contributed by atoms with Crippen LogP contribution in [0, 0.1) is 5.92 Å². The standard InChI is InChI=1S/C6H17NSi/c1-5(2)6(3,4)8-7/h5H,7-8H2,1-4H3. The van der Waals surface area contributed by atoms with Crippen molar-refractivity contribution in [1.29, 1.82) is 0 Å². The van der Waals surface area contributed by atoms with E-state index in [2.05, 4.69) is 27.7 Å². The van der Waals surface area contributed by atoms with Crippen LogP contribution in [0.3, 0.4) is 0 Å². The van der Waals surface area contributed by atoms with Crippen molar-refractivity contribution in [3.63, 3.8) is 0 Å². The lowest BCUT2D eigenvalue weighted by molar-refractivity contribution is 0.473. The number of hydrogen-bond acceptors (Lipinski definition) is 1. The van der Waals surface area contributed by atoms with Crippen LogP contribution >= 0.6 is 0 Å². The van der Waals surface area contributed by atoms with E-state index in [-0.39, 0.29) is 9.68 Å². The second kappa shape index (κ2) is 2.64. The van der Waals surface area contributed by atoms with Gasteiger partial charge in [0.1, 0.15) is 0 Å². The van der Waals surface area contributed by atoms with E-state index in [9.17, 15) is 0 Å². The molecule has 0 aromatic carbocycles. The van der Waals surface area contributed by atoms with E-state index < -0.39 is 0 Å². The Morgan fingerprint density at radius 3 is 1.75 bits per heavy atom. The summed E-state index contributed by atoms with van der Waals surface area (Å²) >= 11 is 0. The first-order chi connectivity index (χ1) is 3.50. The van der Waals surface area contributed by atoms with Gasteiger partial charge in [-0.1, -0.05) is 27.7 Å². The molecule has 1 nitrogen and oxygen atoms in total. The van der Waals surface area contributed by atoms with Crippen LogP contribution in [0.1, 0.15) is 27.7 Å². The molecule has 8 heavy (non-hydrogen) atoms. The summed E-state index contributed by atoms with van der Waals surface area (Å²) in [5, 5.41) is 6.10. The third-order valence-corrected chi connectivity index (χ3v) is 3.96. The molecule has 0 radical (unpaired) electrons. The average Bonchev–Trinajstić information content (AvgIpc) is 1.67. The molecule has 0 saturated carbocycles. The Hall–Kier alpha value is 0.177. The largest absolute Gasteiger partial charge is 0.355 e. The lowest BCUT2D eigenvalue weighted by Gasteiger charge is -2.26. The molecule has 0 aliphatic carbocycles. The minimum atomic E-state index is -0.306. The summed E-state index contributed by atoms with van der Waals surface area (Å²) in [6, 6.07) is 0. The van der Waals surface area contributed by atoms with Gasteiger partial charge in [0.15, 0.2) is 0 Å².